The van der Waals surface area contributed by atoms with E-state index in [-0.39, 0.29) is 5.41 Å². The minimum absolute atomic E-state index is 0.154. The van der Waals surface area contributed by atoms with Crippen molar-refractivity contribution in [1.29, 1.82) is 0 Å². The minimum atomic E-state index is -1.24. The lowest BCUT2D eigenvalue weighted by Crippen LogP contribution is -2.41. The molecule has 0 atom stereocenters. The van der Waals surface area contributed by atoms with E-state index in [0.717, 1.165) is 0 Å². The summed E-state index contributed by atoms with van der Waals surface area (Å²) in [6.45, 7) is 11.7. The number of benzene rings is 2. The van der Waals surface area contributed by atoms with Crippen LogP contribution >= 0.6 is 0 Å². The number of aryl methyl sites for hydroxylation is 2. The molecule has 1 aliphatic rings. The van der Waals surface area contributed by atoms with Crippen molar-refractivity contribution in [3.8, 4) is 11.3 Å². The second kappa shape index (κ2) is 6.84. The van der Waals surface area contributed by atoms with E-state index in [1.807, 2.05) is 0 Å². The molecule has 3 aromatic rings. The third-order valence-corrected chi connectivity index (χ3v) is 11.5. The summed E-state index contributed by atoms with van der Waals surface area (Å²) >= 11 is 0. The lowest BCUT2D eigenvalue weighted by molar-refractivity contribution is -0.659. The van der Waals surface area contributed by atoms with E-state index in [1.54, 1.807) is 5.19 Å². The summed E-state index contributed by atoms with van der Waals surface area (Å²) in [6.07, 6.45) is 5.09. The normalized spacial score (nSPS) is 16.6. The monoisotopic (exact) mass is 388 g/mol. The fourth-order valence-electron chi connectivity index (χ4n) is 4.87. The van der Waals surface area contributed by atoms with Crippen LogP contribution in [-0.4, -0.2) is 8.07 Å². The van der Waals surface area contributed by atoms with Gasteiger partial charge in [-0.15, -0.1) is 0 Å². The Morgan fingerprint density at radius 3 is 2.32 bits per heavy atom. The number of rotatable bonds is 2. The van der Waals surface area contributed by atoms with E-state index in [9.17, 15) is 0 Å². The molecule has 1 nitrogen and oxygen atoms in total. The Morgan fingerprint density at radius 1 is 0.929 bits per heavy atom. The molecule has 0 aliphatic carbocycles. The van der Waals surface area contributed by atoms with Gasteiger partial charge < -0.3 is 0 Å². The maximum Gasteiger partial charge on any atom is 0.220 e. The van der Waals surface area contributed by atoms with E-state index >= 15 is 0 Å². The van der Waals surface area contributed by atoms with Crippen LogP contribution in [0, 0.1) is 6.92 Å². The quantitative estimate of drug-likeness (QED) is 0.373. The molecule has 146 valence electrons. The van der Waals surface area contributed by atoms with Gasteiger partial charge in [-0.3, -0.25) is 0 Å². The number of nitrogens with zero attached hydrogens (tertiary/aromatic N) is 1. The third-order valence-electron chi connectivity index (χ3n) is 6.90. The summed E-state index contributed by atoms with van der Waals surface area (Å²) in [6, 6.07) is 19.6. The molecule has 0 amide bonds. The summed E-state index contributed by atoms with van der Waals surface area (Å²) < 4.78 is 2.30. The fraction of sp³-hybridized carbons (Fsp3) is 0.423. The lowest BCUT2D eigenvalue weighted by Gasteiger charge is -2.22. The first kappa shape index (κ1) is 19.4. The highest BCUT2D eigenvalue weighted by molar-refractivity contribution is 6.91. The van der Waals surface area contributed by atoms with Crippen molar-refractivity contribution in [3.63, 3.8) is 0 Å². The minimum Gasteiger partial charge on any atom is -0.200 e. The number of hydrogen-bond donors (Lipinski definition) is 0. The molecule has 4 rings (SSSR count). The Kier molecular flexibility index (Phi) is 4.74. The Morgan fingerprint density at radius 2 is 1.64 bits per heavy atom. The first-order valence-electron chi connectivity index (χ1n) is 10.7. The van der Waals surface area contributed by atoms with Crippen LogP contribution in [0.3, 0.4) is 0 Å². The molecular weight excluding hydrogens is 354 g/mol. The second-order valence-electron chi connectivity index (χ2n) is 10.1. The molecular formula is C26H34NSi+. The maximum atomic E-state index is 2.59. The molecule has 1 saturated heterocycles. The Bertz CT molecular complexity index is 1040. The topological polar surface area (TPSA) is 3.88 Å². The third kappa shape index (κ3) is 3.32. The van der Waals surface area contributed by atoms with Crippen LogP contribution < -0.4 is 9.75 Å². The number of aromatic nitrogens is 1. The second-order valence-corrected chi connectivity index (χ2v) is 14.8. The van der Waals surface area contributed by atoms with Crippen molar-refractivity contribution in [2.75, 3.05) is 0 Å². The maximum absolute atomic E-state index is 2.59. The molecule has 2 heterocycles. The molecule has 1 fully saturated rings. The molecule has 2 aromatic carbocycles. The van der Waals surface area contributed by atoms with Gasteiger partial charge in [0, 0.05) is 11.6 Å². The zero-order chi connectivity index (χ0) is 20.1. The highest BCUT2D eigenvalue weighted by atomic mass is 28.3. The van der Waals surface area contributed by atoms with Crippen molar-refractivity contribution in [2.45, 2.75) is 64.6 Å². The van der Waals surface area contributed by atoms with Gasteiger partial charge in [-0.2, -0.15) is 0 Å². The number of pyridine rings is 1. The van der Waals surface area contributed by atoms with Crippen LogP contribution in [0.15, 0.2) is 48.7 Å². The standard InChI is InChI=1S/C26H34NSi/c1-19-9-10-21(26(2,3)4)18-24(19)25-23-12-11-22(28(6)15-7-8-16-28)17-20(23)13-14-27(25)5/h9-14,17-18H,7-8,15-16H2,1-6H3/q+1. The van der Waals surface area contributed by atoms with Gasteiger partial charge in [-0.1, -0.05) is 81.7 Å². The van der Waals surface area contributed by atoms with Gasteiger partial charge in [0.05, 0.1) is 13.5 Å². The lowest BCUT2D eigenvalue weighted by atomic mass is 9.84. The molecule has 0 unspecified atom stereocenters. The first-order valence-corrected chi connectivity index (χ1v) is 13.6. The summed E-state index contributed by atoms with van der Waals surface area (Å²) in [5.74, 6) is 0. The zero-order valence-corrected chi connectivity index (χ0v) is 19.4. The molecule has 0 saturated carbocycles. The summed E-state index contributed by atoms with van der Waals surface area (Å²) in [7, 11) is 0.938. The van der Waals surface area contributed by atoms with Crippen molar-refractivity contribution >= 4 is 24.0 Å². The molecule has 1 aliphatic heterocycles. The first-order chi connectivity index (χ1) is 13.2. The van der Waals surface area contributed by atoms with Gasteiger partial charge in [0.1, 0.15) is 7.05 Å². The van der Waals surface area contributed by atoms with Crippen molar-refractivity contribution in [3.05, 3.63) is 59.8 Å². The van der Waals surface area contributed by atoms with Gasteiger partial charge in [-0.25, -0.2) is 4.57 Å². The number of fused-ring (bicyclic) bond motifs is 1. The summed E-state index contributed by atoms with van der Waals surface area (Å²) in [5.41, 5.74) is 5.59. The molecule has 0 N–H and O–H groups in total. The van der Waals surface area contributed by atoms with Gasteiger partial charge in [0.15, 0.2) is 6.20 Å². The highest BCUT2D eigenvalue weighted by Crippen LogP contribution is 2.34. The largest absolute Gasteiger partial charge is 0.220 e. The Labute approximate surface area is 171 Å². The van der Waals surface area contributed by atoms with Crippen LogP contribution in [0.4, 0.5) is 0 Å². The zero-order valence-electron chi connectivity index (χ0n) is 18.4. The van der Waals surface area contributed by atoms with E-state index in [2.05, 4.69) is 94.5 Å². The predicted molar refractivity (Wildman–Crippen MR) is 124 cm³/mol. The van der Waals surface area contributed by atoms with E-state index in [0.29, 0.717) is 0 Å². The molecule has 1 aromatic heterocycles. The predicted octanol–water partition coefficient (Wildman–Crippen LogP) is 6.02. The SMILES string of the molecule is Cc1ccc(C(C)(C)C)cc1-c1c2ccc([Si]3(C)CCCC3)cc2cc[n+]1C. The van der Waals surface area contributed by atoms with Crippen molar-refractivity contribution in [2.24, 2.45) is 7.05 Å². The van der Waals surface area contributed by atoms with Crippen LogP contribution in [0.5, 0.6) is 0 Å². The highest BCUT2D eigenvalue weighted by Gasteiger charge is 2.33. The summed E-state index contributed by atoms with van der Waals surface area (Å²) in [5, 5.41) is 4.42. The van der Waals surface area contributed by atoms with Crippen molar-refractivity contribution in [1.82, 2.24) is 0 Å². The van der Waals surface area contributed by atoms with Crippen LogP contribution in [0.2, 0.25) is 18.6 Å². The molecule has 0 bridgehead atoms. The number of hydrogen-bond acceptors (Lipinski definition) is 0. The van der Waals surface area contributed by atoms with E-state index in [4.69, 9.17) is 0 Å². The Hall–Kier alpha value is -1.93. The average molecular weight is 389 g/mol. The van der Waals surface area contributed by atoms with E-state index < -0.39 is 8.07 Å². The fourth-order valence-corrected chi connectivity index (χ4v) is 8.75. The van der Waals surface area contributed by atoms with Gasteiger partial charge in [0.25, 0.3) is 0 Å². The summed E-state index contributed by atoms with van der Waals surface area (Å²) in [4.78, 5) is 0. The van der Waals surface area contributed by atoms with Crippen LogP contribution in [0.1, 0.15) is 44.7 Å². The molecule has 0 spiro atoms. The Balaban J connectivity index is 1.92. The molecule has 28 heavy (non-hydrogen) atoms. The molecule has 0 radical (unpaired) electrons. The van der Waals surface area contributed by atoms with Gasteiger partial charge in [-0.05, 0) is 41.0 Å². The molecule has 2 heteroatoms. The van der Waals surface area contributed by atoms with Gasteiger partial charge in [0.2, 0.25) is 5.69 Å². The average Bonchev–Trinajstić information content (AvgIpc) is 3.09. The van der Waals surface area contributed by atoms with E-state index in [1.165, 1.54) is 58.1 Å². The van der Waals surface area contributed by atoms with Crippen LogP contribution in [-0.2, 0) is 12.5 Å². The van der Waals surface area contributed by atoms with Gasteiger partial charge >= 0.3 is 0 Å². The van der Waals surface area contributed by atoms with Crippen LogP contribution in [0.25, 0.3) is 22.0 Å². The van der Waals surface area contributed by atoms with Crippen molar-refractivity contribution < 1.29 is 4.57 Å². The smallest absolute Gasteiger partial charge is 0.200 e.